The van der Waals surface area contributed by atoms with Gasteiger partial charge in [-0.05, 0) is 37.8 Å². The lowest BCUT2D eigenvalue weighted by molar-refractivity contribution is -0.114. The zero-order valence-electron chi connectivity index (χ0n) is 18.4. The van der Waals surface area contributed by atoms with Crippen LogP contribution in [0.4, 0.5) is 20.2 Å². The number of nitrogens with two attached hydrogens (primary N) is 3. The first-order valence-corrected chi connectivity index (χ1v) is 12.1. The number of thioether (sulfide) groups is 1. The van der Waals surface area contributed by atoms with E-state index in [0.29, 0.717) is 37.3 Å². The fraction of sp³-hybridized carbons (Fsp3) is 0.391. The number of amides is 1. The molecule has 3 unspecified atom stereocenters. The Kier molecular flexibility index (Phi) is 5.86. The molecule has 2 aliphatic heterocycles. The minimum Gasteiger partial charge on any atom is -0.392 e. The van der Waals surface area contributed by atoms with Crippen LogP contribution in [0.15, 0.2) is 35.1 Å². The quantitative estimate of drug-likeness (QED) is 0.514. The van der Waals surface area contributed by atoms with Crippen LogP contribution in [0.1, 0.15) is 47.6 Å². The van der Waals surface area contributed by atoms with E-state index >= 15 is 0 Å². The molecule has 1 aromatic heterocycles. The molecule has 3 heterocycles. The third-order valence-corrected chi connectivity index (χ3v) is 7.73. The molecular formula is C23H26F2N6O2S. The van der Waals surface area contributed by atoms with E-state index < -0.39 is 29.0 Å². The number of primary amides is 1. The van der Waals surface area contributed by atoms with Crippen LogP contribution in [0.3, 0.4) is 0 Å². The summed E-state index contributed by atoms with van der Waals surface area (Å²) < 4.78 is 29.8. The molecule has 1 saturated heterocycles. The average Bonchev–Trinajstić information content (AvgIpc) is 3.33. The monoisotopic (exact) mass is 488 g/mol. The Balaban J connectivity index is 1.73. The number of rotatable bonds is 4. The van der Waals surface area contributed by atoms with Gasteiger partial charge in [-0.2, -0.15) is 0 Å². The summed E-state index contributed by atoms with van der Waals surface area (Å²) in [6.07, 6.45) is 3.65. The lowest BCUT2D eigenvalue weighted by Gasteiger charge is -2.38. The highest BCUT2D eigenvalue weighted by Gasteiger charge is 2.42. The smallest absolute Gasteiger partial charge is 0.268 e. The van der Waals surface area contributed by atoms with Crippen LogP contribution in [0, 0.1) is 11.6 Å². The van der Waals surface area contributed by atoms with E-state index in [1.54, 1.807) is 0 Å². The molecule has 0 bridgehead atoms. The summed E-state index contributed by atoms with van der Waals surface area (Å²) >= 11 is 0.958. The number of aliphatic hydroxyl groups is 1. The summed E-state index contributed by atoms with van der Waals surface area (Å²) in [5.74, 6) is -2.33. The molecule has 0 spiro atoms. The van der Waals surface area contributed by atoms with Crippen molar-refractivity contribution in [3.63, 3.8) is 0 Å². The van der Waals surface area contributed by atoms with Gasteiger partial charge in [0.1, 0.15) is 22.7 Å². The normalized spacial score (nSPS) is 24.6. The van der Waals surface area contributed by atoms with Crippen LogP contribution in [-0.4, -0.2) is 35.1 Å². The van der Waals surface area contributed by atoms with Gasteiger partial charge in [0.2, 0.25) is 0 Å². The van der Waals surface area contributed by atoms with Crippen molar-refractivity contribution >= 4 is 29.0 Å². The number of carbonyl (C=O) groups excluding carboxylic acids is 1. The summed E-state index contributed by atoms with van der Waals surface area (Å²) in [5.41, 5.74) is 20.5. The fourth-order valence-corrected chi connectivity index (χ4v) is 6.34. The maximum Gasteiger partial charge on any atom is 0.268 e. The van der Waals surface area contributed by atoms with Gasteiger partial charge in [-0.1, -0.05) is 17.8 Å². The first-order chi connectivity index (χ1) is 16.3. The lowest BCUT2D eigenvalue weighted by Crippen LogP contribution is -2.44. The third-order valence-electron chi connectivity index (χ3n) is 6.61. The molecule has 3 aliphatic rings. The average molecular weight is 489 g/mol. The predicted molar refractivity (Wildman–Crippen MR) is 127 cm³/mol. The van der Waals surface area contributed by atoms with Crippen molar-refractivity contribution in [3.05, 3.63) is 63.6 Å². The molecule has 3 atom stereocenters. The van der Waals surface area contributed by atoms with E-state index in [2.05, 4.69) is 9.88 Å². The number of nitrogens with zero attached hydrogens (tertiary/aromatic N) is 3. The van der Waals surface area contributed by atoms with E-state index in [-0.39, 0.29) is 22.3 Å². The summed E-state index contributed by atoms with van der Waals surface area (Å²) in [6, 6.07) is 3.55. The molecule has 7 N–H and O–H groups in total. The van der Waals surface area contributed by atoms with E-state index in [0.717, 1.165) is 48.0 Å². The van der Waals surface area contributed by atoms with Crippen molar-refractivity contribution in [1.29, 1.82) is 0 Å². The van der Waals surface area contributed by atoms with Gasteiger partial charge in [0.15, 0.2) is 0 Å². The molecule has 5 rings (SSSR count). The largest absolute Gasteiger partial charge is 0.392 e. The number of carbonyl (C=O) groups is 1. The van der Waals surface area contributed by atoms with Crippen LogP contribution in [0.25, 0.3) is 0 Å². The Morgan fingerprint density at radius 3 is 2.65 bits per heavy atom. The number of aliphatic hydroxyl groups excluding tert-OH is 1. The highest BCUT2D eigenvalue weighted by Crippen LogP contribution is 2.53. The first-order valence-electron chi connectivity index (χ1n) is 11.2. The Labute approximate surface area is 199 Å². The van der Waals surface area contributed by atoms with Crippen LogP contribution in [-0.2, 0) is 11.2 Å². The number of hydrogen-bond acceptors (Lipinski definition) is 8. The number of pyridine rings is 1. The Hall–Kier alpha value is -2.89. The molecule has 8 nitrogen and oxygen atoms in total. The molecule has 1 aromatic carbocycles. The number of piperidine rings is 1. The second-order valence-corrected chi connectivity index (χ2v) is 9.93. The predicted octanol–water partition coefficient (Wildman–Crippen LogP) is 2.13. The highest BCUT2D eigenvalue weighted by molar-refractivity contribution is 8.03. The second-order valence-electron chi connectivity index (χ2n) is 8.81. The zero-order valence-corrected chi connectivity index (χ0v) is 19.2. The molecule has 0 radical (unpaired) electrons. The van der Waals surface area contributed by atoms with E-state index in [4.69, 9.17) is 17.2 Å². The maximum atomic E-state index is 14.9. The summed E-state index contributed by atoms with van der Waals surface area (Å²) in [5, 5.41) is 9.54. The van der Waals surface area contributed by atoms with Gasteiger partial charge >= 0.3 is 0 Å². The summed E-state index contributed by atoms with van der Waals surface area (Å²) in [7, 11) is 0. The summed E-state index contributed by atoms with van der Waals surface area (Å²) in [4.78, 5) is 20.6. The topological polar surface area (TPSA) is 135 Å². The maximum absolute atomic E-state index is 14.9. The fourth-order valence-electron chi connectivity index (χ4n) is 5.13. The van der Waals surface area contributed by atoms with E-state index in [9.17, 15) is 18.7 Å². The number of aromatic nitrogens is 1. The number of halogens is 2. The van der Waals surface area contributed by atoms with Crippen molar-refractivity contribution < 1.29 is 18.7 Å². The number of fused-ring (bicyclic) bond motifs is 1. The third kappa shape index (κ3) is 3.68. The van der Waals surface area contributed by atoms with Crippen molar-refractivity contribution in [2.24, 2.45) is 17.2 Å². The van der Waals surface area contributed by atoms with E-state index in [1.807, 2.05) is 0 Å². The molecule has 2 aromatic rings. The molecule has 180 valence electrons. The second kappa shape index (κ2) is 8.71. The van der Waals surface area contributed by atoms with Gasteiger partial charge in [0.25, 0.3) is 5.91 Å². The van der Waals surface area contributed by atoms with Crippen LogP contribution >= 0.6 is 11.8 Å². The van der Waals surface area contributed by atoms with Crippen molar-refractivity contribution in [1.82, 2.24) is 4.98 Å². The Bertz CT molecular complexity index is 1170. The van der Waals surface area contributed by atoms with Crippen LogP contribution in [0.2, 0.25) is 0 Å². The van der Waals surface area contributed by atoms with E-state index in [1.165, 1.54) is 17.2 Å². The zero-order chi connectivity index (χ0) is 24.1. The standard InChI is InChI=1S/C23H26F2N6O2S/c24-13-4-1-5-14(25)17(13)23-31(20(21(27)33)22(28)34-23)15-9-29-18-12(6-7-16(18)32)19(15)30-8-2-3-11(26)10-30/h1,4-5,9,11,16,23,32H,2-3,6-8,10,26,28H2,(H2,27,33). The Morgan fingerprint density at radius 1 is 1.24 bits per heavy atom. The molecule has 1 fully saturated rings. The Morgan fingerprint density at radius 2 is 1.97 bits per heavy atom. The van der Waals surface area contributed by atoms with Crippen LogP contribution in [0.5, 0.6) is 0 Å². The van der Waals surface area contributed by atoms with Crippen molar-refractivity contribution in [2.75, 3.05) is 22.9 Å². The highest BCUT2D eigenvalue weighted by atomic mass is 32.2. The van der Waals surface area contributed by atoms with Crippen molar-refractivity contribution in [2.45, 2.75) is 43.2 Å². The van der Waals surface area contributed by atoms with Gasteiger partial charge < -0.3 is 32.1 Å². The molecule has 11 heteroatoms. The SMILES string of the molecule is NC(=O)C1=C(N)SC(c2c(F)cccc2F)N1c1cnc2c(c1N1CCCC(N)C1)CCC2O. The van der Waals surface area contributed by atoms with Gasteiger partial charge in [0.05, 0.1) is 40.0 Å². The molecule has 1 aliphatic carbocycles. The lowest BCUT2D eigenvalue weighted by atomic mass is 10.0. The van der Waals surface area contributed by atoms with Gasteiger partial charge in [0, 0.05) is 24.7 Å². The number of hydrogen-bond donors (Lipinski definition) is 4. The molecular weight excluding hydrogens is 462 g/mol. The molecule has 1 amide bonds. The van der Waals surface area contributed by atoms with Crippen LogP contribution < -0.4 is 27.0 Å². The molecule has 0 saturated carbocycles. The van der Waals surface area contributed by atoms with Gasteiger partial charge in [-0.25, -0.2) is 8.78 Å². The van der Waals surface area contributed by atoms with Gasteiger partial charge in [-0.3, -0.25) is 9.78 Å². The van der Waals surface area contributed by atoms with Gasteiger partial charge in [-0.15, -0.1) is 0 Å². The summed E-state index contributed by atoms with van der Waals surface area (Å²) in [6.45, 7) is 1.27. The minimum atomic E-state index is -1.01. The minimum absolute atomic E-state index is 0.0412. The molecule has 34 heavy (non-hydrogen) atoms. The number of benzene rings is 1. The first kappa shape index (κ1) is 22.9. The van der Waals surface area contributed by atoms with Crippen molar-refractivity contribution in [3.8, 4) is 0 Å². The number of anilines is 2.